The van der Waals surface area contributed by atoms with Gasteiger partial charge in [-0.05, 0) is 17.7 Å². The highest BCUT2D eigenvalue weighted by Crippen LogP contribution is 2.12. The summed E-state index contributed by atoms with van der Waals surface area (Å²) in [6.45, 7) is 4.32. The fourth-order valence-electron chi connectivity index (χ4n) is 1.22. The zero-order valence-corrected chi connectivity index (χ0v) is 11.8. The van der Waals surface area contributed by atoms with E-state index < -0.39 is 0 Å². The van der Waals surface area contributed by atoms with Crippen molar-refractivity contribution in [2.24, 2.45) is 5.41 Å². The number of hydrogen-bond donors (Lipinski definition) is 2. The summed E-state index contributed by atoms with van der Waals surface area (Å²) in [6, 6.07) is 7.44. The van der Waals surface area contributed by atoms with Crippen LogP contribution in [0.5, 0.6) is 0 Å². The first-order valence-electron chi connectivity index (χ1n) is 5.52. The van der Waals surface area contributed by atoms with Crippen molar-refractivity contribution in [2.75, 3.05) is 13.2 Å². The Morgan fingerprint density at radius 2 is 1.94 bits per heavy atom. The van der Waals surface area contributed by atoms with Crippen LogP contribution in [0.2, 0.25) is 0 Å². The molecule has 0 bridgehead atoms. The predicted octanol–water partition coefficient (Wildman–Crippen LogP) is 2.33. The van der Waals surface area contributed by atoms with Crippen LogP contribution < -0.4 is 5.32 Å². The van der Waals surface area contributed by atoms with E-state index in [2.05, 4.69) is 21.2 Å². The third kappa shape index (κ3) is 4.48. The minimum Gasteiger partial charge on any atom is -0.396 e. The van der Waals surface area contributed by atoms with E-state index in [1.54, 1.807) is 12.1 Å². The molecule has 0 aliphatic carbocycles. The average Bonchev–Trinajstić information content (AvgIpc) is 2.36. The molecule has 0 atom stereocenters. The van der Waals surface area contributed by atoms with Gasteiger partial charge < -0.3 is 10.4 Å². The molecule has 0 aliphatic heterocycles. The van der Waals surface area contributed by atoms with Crippen LogP contribution in [-0.4, -0.2) is 24.2 Å². The third-order valence-electron chi connectivity index (χ3n) is 2.53. The number of aliphatic hydroxyl groups is 1. The maximum absolute atomic E-state index is 11.8. The molecule has 1 aromatic carbocycles. The van der Waals surface area contributed by atoms with Gasteiger partial charge in [-0.2, -0.15) is 0 Å². The van der Waals surface area contributed by atoms with Crippen molar-refractivity contribution < 1.29 is 9.90 Å². The molecule has 1 aromatic rings. The predicted molar refractivity (Wildman–Crippen MR) is 72.3 cm³/mol. The van der Waals surface area contributed by atoms with Gasteiger partial charge in [0.1, 0.15) is 0 Å². The van der Waals surface area contributed by atoms with Gasteiger partial charge in [0.15, 0.2) is 0 Å². The van der Waals surface area contributed by atoms with Crippen LogP contribution in [-0.2, 0) is 5.33 Å². The highest BCUT2D eigenvalue weighted by atomic mass is 79.9. The number of benzene rings is 1. The van der Waals surface area contributed by atoms with Crippen LogP contribution in [0.25, 0.3) is 0 Å². The van der Waals surface area contributed by atoms with Crippen molar-refractivity contribution in [3.63, 3.8) is 0 Å². The first kappa shape index (κ1) is 14.2. The molecule has 1 rings (SSSR count). The Hall–Kier alpha value is -0.870. The molecule has 2 N–H and O–H groups in total. The lowest BCUT2D eigenvalue weighted by atomic mass is 9.95. The fourth-order valence-corrected chi connectivity index (χ4v) is 1.60. The summed E-state index contributed by atoms with van der Waals surface area (Å²) in [5.41, 5.74) is 1.49. The number of carbonyl (C=O) groups is 1. The summed E-state index contributed by atoms with van der Waals surface area (Å²) in [4.78, 5) is 11.8. The number of halogens is 1. The second-order valence-electron chi connectivity index (χ2n) is 4.84. The minimum absolute atomic E-state index is 0.0514. The number of hydrogen-bond acceptors (Lipinski definition) is 2. The smallest absolute Gasteiger partial charge is 0.251 e. The topological polar surface area (TPSA) is 49.3 Å². The lowest BCUT2D eigenvalue weighted by Crippen LogP contribution is -2.36. The van der Waals surface area contributed by atoms with Crippen LogP contribution in [0.15, 0.2) is 24.3 Å². The first-order chi connectivity index (χ1) is 7.98. The number of amides is 1. The third-order valence-corrected chi connectivity index (χ3v) is 3.17. The van der Waals surface area contributed by atoms with Gasteiger partial charge >= 0.3 is 0 Å². The van der Waals surface area contributed by atoms with E-state index in [9.17, 15) is 4.79 Å². The summed E-state index contributed by atoms with van der Waals surface area (Å²) in [7, 11) is 0. The molecule has 3 nitrogen and oxygen atoms in total. The van der Waals surface area contributed by atoms with Gasteiger partial charge in [-0.3, -0.25) is 4.79 Å². The van der Waals surface area contributed by atoms with E-state index in [-0.39, 0.29) is 17.9 Å². The molecule has 17 heavy (non-hydrogen) atoms. The Kier molecular flexibility index (Phi) is 5.15. The Labute approximate surface area is 110 Å². The molecule has 0 fully saturated rings. The quantitative estimate of drug-likeness (QED) is 0.820. The zero-order chi connectivity index (χ0) is 12.9. The number of rotatable bonds is 5. The average molecular weight is 300 g/mol. The summed E-state index contributed by atoms with van der Waals surface area (Å²) in [5, 5.41) is 12.7. The summed E-state index contributed by atoms with van der Waals surface area (Å²) >= 11 is 3.36. The first-order valence-corrected chi connectivity index (χ1v) is 6.64. The van der Waals surface area contributed by atoms with E-state index >= 15 is 0 Å². The van der Waals surface area contributed by atoms with E-state index in [0.29, 0.717) is 12.1 Å². The second kappa shape index (κ2) is 6.17. The summed E-state index contributed by atoms with van der Waals surface area (Å²) in [6.07, 6.45) is 0. The Morgan fingerprint density at radius 3 is 2.41 bits per heavy atom. The van der Waals surface area contributed by atoms with Crippen molar-refractivity contribution >= 4 is 21.8 Å². The molecule has 0 aromatic heterocycles. The Bertz CT molecular complexity index is 374. The monoisotopic (exact) mass is 299 g/mol. The van der Waals surface area contributed by atoms with Gasteiger partial charge in [-0.25, -0.2) is 0 Å². The van der Waals surface area contributed by atoms with Gasteiger partial charge in [-0.1, -0.05) is 41.9 Å². The van der Waals surface area contributed by atoms with Gasteiger partial charge in [0, 0.05) is 29.5 Å². The van der Waals surface area contributed by atoms with E-state index in [1.165, 1.54) is 0 Å². The van der Waals surface area contributed by atoms with Gasteiger partial charge in [-0.15, -0.1) is 0 Å². The van der Waals surface area contributed by atoms with Crippen molar-refractivity contribution in [3.8, 4) is 0 Å². The van der Waals surface area contributed by atoms with Crippen LogP contribution >= 0.6 is 15.9 Å². The number of carbonyl (C=O) groups excluding carboxylic acids is 1. The SMILES string of the molecule is CC(C)(CO)CNC(=O)c1ccc(CBr)cc1. The number of nitrogens with one attached hydrogen (secondary N) is 1. The Morgan fingerprint density at radius 1 is 1.35 bits per heavy atom. The van der Waals surface area contributed by atoms with Crippen LogP contribution in [0.4, 0.5) is 0 Å². The summed E-state index contributed by atoms with van der Waals surface area (Å²) in [5.74, 6) is -0.104. The van der Waals surface area contributed by atoms with Crippen LogP contribution in [0, 0.1) is 5.41 Å². The molecule has 4 heteroatoms. The molecule has 0 radical (unpaired) electrons. The van der Waals surface area contributed by atoms with Crippen LogP contribution in [0.1, 0.15) is 29.8 Å². The molecule has 0 spiro atoms. The molecule has 0 unspecified atom stereocenters. The molecule has 0 saturated carbocycles. The van der Waals surface area contributed by atoms with Gasteiger partial charge in [0.2, 0.25) is 0 Å². The summed E-state index contributed by atoms with van der Waals surface area (Å²) < 4.78 is 0. The highest BCUT2D eigenvalue weighted by molar-refractivity contribution is 9.08. The lowest BCUT2D eigenvalue weighted by Gasteiger charge is -2.21. The zero-order valence-electron chi connectivity index (χ0n) is 10.2. The molecular weight excluding hydrogens is 282 g/mol. The van der Waals surface area contributed by atoms with E-state index in [0.717, 1.165) is 10.9 Å². The van der Waals surface area contributed by atoms with Crippen molar-refractivity contribution in [3.05, 3.63) is 35.4 Å². The fraction of sp³-hybridized carbons (Fsp3) is 0.462. The molecular formula is C13H18BrNO2. The second-order valence-corrected chi connectivity index (χ2v) is 5.40. The standard InChI is InChI=1S/C13H18BrNO2/c1-13(2,9-16)8-15-12(17)11-5-3-10(7-14)4-6-11/h3-6,16H,7-9H2,1-2H3,(H,15,17). The molecule has 0 saturated heterocycles. The maximum atomic E-state index is 11.8. The maximum Gasteiger partial charge on any atom is 0.251 e. The molecule has 0 heterocycles. The van der Waals surface area contributed by atoms with Gasteiger partial charge in [0.05, 0.1) is 0 Å². The van der Waals surface area contributed by atoms with Crippen LogP contribution in [0.3, 0.4) is 0 Å². The van der Waals surface area contributed by atoms with Crippen molar-refractivity contribution in [1.82, 2.24) is 5.32 Å². The highest BCUT2D eigenvalue weighted by Gasteiger charge is 2.17. The number of aliphatic hydroxyl groups excluding tert-OH is 1. The molecule has 0 aliphatic rings. The molecule has 1 amide bonds. The number of alkyl halides is 1. The van der Waals surface area contributed by atoms with Crippen molar-refractivity contribution in [1.29, 1.82) is 0 Å². The Balaban J connectivity index is 2.58. The minimum atomic E-state index is -0.286. The van der Waals surface area contributed by atoms with E-state index in [4.69, 9.17) is 5.11 Å². The normalized spacial score (nSPS) is 11.3. The molecule has 94 valence electrons. The largest absolute Gasteiger partial charge is 0.396 e. The van der Waals surface area contributed by atoms with Crippen molar-refractivity contribution in [2.45, 2.75) is 19.2 Å². The van der Waals surface area contributed by atoms with Gasteiger partial charge in [0.25, 0.3) is 5.91 Å². The van der Waals surface area contributed by atoms with E-state index in [1.807, 2.05) is 26.0 Å². The lowest BCUT2D eigenvalue weighted by molar-refractivity contribution is 0.0911.